The predicted molar refractivity (Wildman–Crippen MR) is 70.2 cm³/mol. The smallest absolute Gasteiger partial charge is 0.345 e. The minimum Gasteiger partial charge on any atom is -0.345 e. The van der Waals surface area contributed by atoms with Gasteiger partial charge >= 0.3 is 5.69 Å². The van der Waals surface area contributed by atoms with E-state index in [1.165, 1.54) is 4.40 Å². The van der Waals surface area contributed by atoms with Gasteiger partial charge < -0.3 is 5.32 Å². The summed E-state index contributed by atoms with van der Waals surface area (Å²) in [5, 5.41) is 20.0. The van der Waals surface area contributed by atoms with E-state index in [0.29, 0.717) is 11.5 Å². The number of nitrogens with one attached hydrogen (secondary N) is 2. The van der Waals surface area contributed by atoms with Crippen LogP contribution >= 0.6 is 0 Å². The summed E-state index contributed by atoms with van der Waals surface area (Å²) < 4.78 is 2.48. The zero-order valence-corrected chi connectivity index (χ0v) is 11.1. The van der Waals surface area contributed by atoms with Crippen molar-refractivity contribution in [2.24, 2.45) is 0 Å². The fraction of sp³-hybridized carbons (Fsp3) is 0.273. The Balaban J connectivity index is 1.74. The SMILES string of the molecule is CC(NC(=O)Cn1nc2ccccn2c1=O)c1nn[nH]n1. The Morgan fingerprint density at radius 1 is 1.48 bits per heavy atom. The highest BCUT2D eigenvalue weighted by atomic mass is 16.2. The number of H-pyrrole nitrogens is 1. The number of hydrogen-bond acceptors (Lipinski definition) is 6. The topological polar surface area (TPSA) is 123 Å². The second-order valence-electron chi connectivity index (χ2n) is 4.43. The first-order chi connectivity index (χ1) is 10.1. The maximum absolute atomic E-state index is 12.0. The first-order valence-electron chi connectivity index (χ1n) is 6.22. The van der Waals surface area contributed by atoms with Gasteiger partial charge in [0.05, 0.1) is 6.04 Å². The van der Waals surface area contributed by atoms with Gasteiger partial charge in [-0.3, -0.25) is 9.20 Å². The van der Waals surface area contributed by atoms with Crippen LogP contribution in [0.15, 0.2) is 29.2 Å². The van der Waals surface area contributed by atoms with Crippen LogP contribution in [0.5, 0.6) is 0 Å². The van der Waals surface area contributed by atoms with E-state index in [-0.39, 0.29) is 18.1 Å². The predicted octanol–water partition coefficient (Wildman–Crippen LogP) is -1.11. The van der Waals surface area contributed by atoms with Crippen molar-refractivity contribution in [3.63, 3.8) is 0 Å². The standard InChI is InChI=1S/C11H12N8O2/c1-7(10-13-16-17-14-10)12-9(20)6-19-11(21)18-5-3-2-4-8(18)15-19/h2-5,7H,6H2,1H3,(H,12,20)(H,13,14,16,17). The van der Waals surface area contributed by atoms with E-state index in [0.717, 1.165) is 4.68 Å². The molecule has 0 radical (unpaired) electrons. The first kappa shape index (κ1) is 13.0. The van der Waals surface area contributed by atoms with Crippen LogP contribution < -0.4 is 11.0 Å². The summed E-state index contributed by atoms with van der Waals surface area (Å²) in [6.45, 7) is 1.54. The molecule has 2 N–H and O–H groups in total. The van der Waals surface area contributed by atoms with Crippen molar-refractivity contribution in [2.75, 3.05) is 0 Å². The molecule has 0 aliphatic carbocycles. The van der Waals surface area contributed by atoms with Crippen LogP contribution in [0.25, 0.3) is 5.65 Å². The molecular formula is C11H12N8O2. The van der Waals surface area contributed by atoms with Crippen molar-refractivity contribution in [1.29, 1.82) is 0 Å². The van der Waals surface area contributed by atoms with Crippen molar-refractivity contribution < 1.29 is 4.79 Å². The van der Waals surface area contributed by atoms with Crippen molar-refractivity contribution in [2.45, 2.75) is 19.5 Å². The van der Waals surface area contributed by atoms with Crippen LogP contribution in [0.1, 0.15) is 18.8 Å². The zero-order chi connectivity index (χ0) is 14.8. The summed E-state index contributed by atoms with van der Waals surface area (Å²) in [7, 11) is 0. The number of rotatable bonds is 4. The van der Waals surface area contributed by atoms with Crippen LogP contribution in [0, 0.1) is 0 Å². The second-order valence-corrected chi connectivity index (χ2v) is 4.43. The van der Waals surface area contributed by atoms with E-state index < -0.39 is 6.04 Å². The molecule has 1 amide bonds. The lowest BCUT2D eigenvalue weighted by atomic mass is 10.3. The van der Waals surface area contributed by atoms with E-state index in [4.69, 9.17) is 0 Å². The average Bonchev–Trinajstić information content (AvgIpc) is 3.09. The average molecular weight is 288 g/mol. The summed E-state index contributed by atoms with van der Waals surface area (Å²) in [6, 6.07) is 4.77. The summed E-state index contributed by atoms with van der Waals surface area (Å²) in [5.74, 6) is 0.00324. The Morgan fingerprint density at radius 3 is 3.05 bits per heavy atom. The zero-order valence-electron chi connectivity index (χ0n) is 11.1. The van der Waals surface area contributed by atoms with Gasteiger partial charge in [0.1, 0.15) is 6.54 Å². The quantitative estimate of drug-likeness (QED) is 0.627. The van der Waals surface area contributed by atoms with Gasteiger partial charge in [-0.05, 0) is 19.1 Å². The monoisotopic (exact) mass is 288 g/mol. The molecule has 21 heavy (non-hydrogen) atoms. The molecule has 10 nitrogen and oxygen atoms in total. The molecule has 0 fully saturated rings. The molecule has 1 unspecified atom stereocenters. The maximum atomic E-state index is 12.0. The number of aromatic nitrogens is 7. The summed E-state index contributed by atoms with van der Waals surface area (Å²) >= 11 is 0. The molecule has 3 aromatic heterocycles. The van der Waals surface area contributed by atoms with Crippen LogP contribution in [0.4, 0.5) is 0 Å². The Hall–Kier alpha value is -3.04. The van der Waals surface area contributed by atoms with Crippen molar-refractivity contribution in [1.82, 2.24) is 40.1 Å². The molecule has 0 aliphatic heterocycles. The van der Waals surface area contributed by atoms with Gasteiger partial charge in [0, 0.05) is 6.20 Å². The van der Waals surface area contributed by atoms with Crippen LogP contribution in [0.3, 0.4) is 0 Å². The Bertz CT molecular complexity index is 818. The number of carbonyl (C=O) groups excluding carboxylic acids is 1. The summed E-state index contributed by atoms with van der Waals surface area (Å²) in [5.41, 5.74) is 0.120. The summed E-state index contributed by atoms with van der Waals surface area (Å²) in [4.78, 5) is 24.0. The van der Waals surface area contributed by atoms with Crippen LogP contribution in [-0.4, -0.2) is 40.7 Å². The normalized spacial score (nSPS) is 12.4. The third-order valence-corrected chi connectivity index (χ3v) is 2.91. The first-order valence-corrected chi connectivity index (χ1v) is 6.22. The molecular weight excluding hydrogens is 276 g/mol. The second kappa shape index (κ2) is 5.15. The molecule has 0 spiro atoms. The lowest BCUT2D eigenvalue weighted by molar-refractivity contribution is -0.122. The number of pyridine rings is 1. The van der Waals surface area contributed by atoms with Crippen molar-refractivity contribution in [3.8, 4) is 0 Å². The molecule has 3 aromatic rings. The minimum absolute atomic E-state index is 0.178. The highest BCUT2D eigenvalue weighted by Crippen LogP contribution is 2.02. The molecule has 3 rings (SSSR count). The highest BCUT2D eigenvalue weighted by molar-refractivity contribution is 5.76. The molecule has 0 saturated carbocycles. The maximum Gasteiger partial charge on any atom is 0.350 e. The molecule has 3 heterocycles. The number of nitrogens with zero attached hydrogens (tertiary/aromatic N) is 6. The van der Waals surface area contributed by atoms with Gasteiger partial charge in [-0.1, -0.05) is 11.3 Å². The molecule has 0 saturated heterocycles. The number of tetrazole rings is 1. The third-order valence-electron chi connectivity index (χ3n) is 2.91. The van der Waals surface area contributed by atoms with Crippen molar-refractivity contribution >= 4 is 11.6 Å². The van der Waals surface area contributed by atoms with E-state index in [1.54, 1.807) is 31.3 Å². The molecule has 1 atom stereocenters. The number of aromatic amines is 1. The van der Waals surface area contributed by atoms with E-state index in [2.05, 4.69) is 31.0 Å². The van der Waals surface area contributed by atoms with Crippen molar-refractivity contribution in [3.05, 3.63) is 40.7 Å². The fourth-order valence-corrected chi connectivity index (χ4v) is 1.91. The Morgan fingerprint density at radius 2 is 2.33 bits per heavy atom. The van der Waals surface area contributed by atoms with E-state index in [1.807, 2.05) is 0 Å². The molecule has 10 heteroatoms. The van der Waals surface area contributed by atoms with Gasteiger partial charge in [0.15, 0.2) is 11.5 Å². The lowest BCUT2D eigenvalue weighted by Crippen LogP contribution is -2.34. The molecule has 0 aromatic carbocycles. The minimum atomic E-state index is -0.413. The van der Waals surface area contributed by atoms with Gasteiger partial charge in [-0.2, -0.15) is 5.21 Å². The number of amides is 1. The lowest BCUT2D eigenvalue weighted by Gasteiger charge is -2.09. The highest BCUT2D eigenvalue weighted by Gasteiger charge is 2.15. The number of fused-ring (bicyclic) bond motifs is 1. The van der Waals surface area contributed by atoms with Gasteiger partial charge in [-0.15, -0.1) is 15.3 Å². The summed E-state index contributed by atoms with van der Waals surface area (Å²) in [6.07, 6.45) is 1.60. The Labute approximate surface area is 117 Å². The van der Waals surface area contributed by atoms with Crippen LogP contribution in [0.2, 0.25) is 0 Å². The van der Waals surface area contributed by atoms with Gasteiger partial charge in [-0.25, -0.2) is 9.48 Å². The largest absolute Gasteiger partial charge is 0.350 e. The number of hydrogen-bond donors (Lipinski definition) is 2. The van der Waals surface area contributed by atoms with E-state index in [9.17, 15) is 9.59 Å². The number of carbonyl (C=O) groups is 1. The van der Waals surface area contributed by atoms with Crippen LogP contribution in [-0.2, 0) is 11.3 Å². The molecule has 0 aliphatic rings. The molecule has 0 bridgehead atoms. The third kappa shape index (κ3) is 2.50. The van der Waals surface area contributed by atoms with Gasteiger partial charge in [0.25, 0.3) is 0 Å². The Kier molecular flexibility index (Phi) is 3.18. The van der Waals surface area contributed by atoms with E-state index >= 15 is 0 Å². The molecule has 108 valence electrons. The fourth-order valence-electron chi connectivity index (χ4n) is 1.91. The van der Waals surface area contributed by atoms with Gasteiger partial charge in [0.2, 0.25) is 5.91 Å².